The molecule has 3 rings (SSSR count). The molecule has 0 radical (unpaired) electrons. The Morgan fingerprint density at radius 2 is 0.711 bits per heavy atom. The Hall–Kier alpha value is -0.650. The van der Waals surface area contributed by atoms with E-state index in [1.54, 1.807) is 0 Å². The van der Waals surface area contributed by atoms with Crippen molar-refractivity contribution in [3.8, 4) is 0 Å². The second-order valence-corrected chi connectivity index (χ2v) is 9.35. The normalized spacial score (nSPS) is 19.8. The van der Waals surface area contributed by atoms with Crippen LogP contribution in [0.2, 0.25) is 0 Å². The van der Waals surface area contributed by atoms with Crippen molar-refractivity contribution in [1.82, 2.24) is 0 Å². The molecule has 0 aliphatic heterocycles. The quantitative estimate of drug-likeness (QED) is 0.307. The molecule has 3 aliphatic rings. The molecule has 38 heavy (non-hydrogen) atoms. The summed E-state index contributed by atoms with van der Waals surface area (Å²) in [6.45, 7) is 4.00. The Labute approximate surface area is 225 Å². The maximum absolute atomic E-state index is 12.8. The van der Waals surface area contributed by atoms with Crippen molar-refractivity contribution in [3.63, 3.8) is 0 Å². The van der Waals surface area contributed by atoms with Crippen LogP contribution in [-0.4, -0.2) is 53.1 Å². The summed E-state index contributed by atoms with van der Waals surface area (Å²) in [6.07, 6.45) is 5.41. The van der Waals surface area contributed by atoms with E-state index >= 15 is 0 Å². The monoisotopic (exact) mass is 572 g/mol. The molecule has 3 fully saturated rings. The summed E-state index contributed by atoms with van der Waals surface area (Å²) in [6, 6.07) is 0. The molecule has 3 saturated carbocycles. The predicted octanol–water partition coefficient (Wildman–Crippen LogP) is 9.76. The molecular weight excluding hydrogens is 521 g/mol. The molecule has 232 valence electrons. The third kappa shape index (κ3) is 19.4. The van der Waals surface area contributed by atoms with E-state index in [9.17, 15) is 30.7 Å². The molecule has 0 spiro atoms. The number of methoxy groups -OCH3 is 4. The van der Waals surface area contributed by atoms with Crippen molar-refractivity contribution in [1.29, 1.82) is 0 Å². The lowest BCUT2D eigenvalue weighted by Gasteiger charge is -2.28. The summed E-state index contributed by atoms with van der Waals surface area (Å²) in [5, 5.41) is 0. The molecule has 0 atom stereocenters. The van der Waals surface area contributed by atoms with E-state index in [-0.39, 0.29) is 0 Å². The van der Waals surface area contributed by atoms with Gasteiger partial charge in [0.2, 0.25) is 0 Å². The van der Waals surface area contributed by atoms with Gasteiger partial charge in [0.25, 0.3) is 0 Å². The highest BCUT2D eigenvalue weighted by Gasteiger charge is 2.40. The molecule has 0 N–H and O–H groups in total. The molecular formula is C27H51F7O4. The number of hydrogen-bond donors (Lipinski definition) is 0. The summed E-state index contributed by atoms with van der Waals surface area (Å²) < 4.78 is 99.4. The first kappa shape index (κ1) is 39.5. The molecule has 0 aromatic rings. The maximum atomic E-state index is 12.8. The molecule has 0 amide bonds. The van der Waals surface area contributed by atoms with Gasteiger partial charge in [0, 0.05) is 28.4 Å². The highest BCUT2D eigenvalue weighted by Crippen LogP contribution is 2.37. The fraction of sp³-hybridized carbons (Fsp3) is 1.00. The molecule has 3 aliphatic carbocycles. The Kier molecular flexibility index (Phi) is 23.0. The van der Waals surface area contributed by atoms with Crippen LogP contribution in [0.4, 0.5) is 30.7 Å². The van der Waals surface area contributed by atoms with Crippen LogP contribution >= 0.6 is 0 Å². The van der Waals surface area contributed by atoms with Gasteiger partial charge in [0.05, 0.1) is 17.9 Å². The Balaban J connectivity index is 0. The summed E-state index contributed by atoms with van der Waals surface area (Å²) in [5.41, 5.74) is 0. The van der Waals surface area contributed by atoms with Crippen LogP contribution in [0, 0.1) is 11.8 Å². The van der Waals surface area contributed by atoms with Crippen LogP contribution < -0.4 is 0 Å². The summed E-state index contributed by atoms with van der Waals surface area (Å²) in [7, 11) is 4.55. The largest absolute Gasteiger partial charge is 0.522 e. The minimum absolute atomic E-state index is 0.541. The van der Waals surface area contributed by atoms with Crippen molar-refractivity contribution in [2.24, 2.45) is 11.8 Å². The number of hydrogen-bond acceptors (Lipinski definition) is 4. The zero-order chi connectivity index (χ0) is 29.7. The zero-order valence-electron chi connectivity index (χ0n) is 24.1. The summed E-state index contributed by atoms with van der Waals surface area (Å²) in [4.78, 5) is 0. The first-order valence-electron chi connectivity index (χ1n) is 13.8. The number of rotatable bonds is 5. The third-order valence-corrected chi connectivity index (χ3v) is 6.82. The van der Waals surface area contributed by atoms with Crippen LogP contribution in [0.3, 0.4) is 0 Å². The van der Waals surface area contributed by atoms with E-state index in [1.165, 1.54) is 32.1 Å². The average molecular weight is 573 g/mol. The lowest BCUT2D eigenvalue weighted by Crippen LogP contribution is -2.31. The Morgan fingerprint density at radius 3 is 0.895 bits per heavy atom. The number of halogens is 7. The Bertz CT molecular complexity index is 486. The highest BCUT2D eigenvalue weighted by molar-refractivity contribution is 4.73. The molecule has 11 heteroatoms. The van der Waals surface area contributed by atoms with Gasteiger partial charge in [0.1, 0.15) is 0 Å². The van der Waals surface area contributed by atoms with E-state index in [4.69, 9.17) is 4.74 Å². The van der Waals surface area contributed by atoms with Crippen LogP contribution in [-0.2, 0) is 18.9 Å². The smallest absolute Gasteiger partial charge is 0.381 e. The van der Waals surface area contributed by atoms with Crippen LogP contribution in [0.1, 0.15) is 110 Å². The SMILES string of the molecule is CC.COC(F)(F)C1CCCCC1.COC(F)(F)C1CCCCC1.COC(F)(F)F.COC1CCCCC1. The summed E-state index contributed by atoms with van der Waals surface area (Å²) in [5.74, 6) is -1.08. The van der Waals surface area contributed by atoms with Gasteiger partial charge in [-0.2, -0.15) is 17.6 Å². The van der Waals surface area contributed by atoms with E-state index in [0.29, 0.717) is 38.9 Å². The van der Waals surface area contributed by atoms with Crippen LogP contribution in [0.15, 0.2) is 0 Å². The molecule has 0 aromatic heterocycles. The molecule has 0 bridgehead atoms. The molecule has 0 unspecified atom stereocenters. The molecule has 0 heterocycles. The second-order valence-electron chi connectivity index (χ2n) is 9.35. The van der Waals surface area contributed by atoms with E-state index in [0.717, 1.165) is 52.7 Å². The van der Waals surface area contributed by atoms with Crippen LogP contribution in [0.25, 0.3) is 0 Å². The van der Waals surface area contributed by atoms with Crippen LogP contribution in [0.5, 0.6) is 0 Å². The molecule has 4 nitrogen and oxygen atoms in total. The predicted molar refractivity (Wildman–Crippen MR) is 135 cm³/mol. The van der Waals surface area contributed by atoms with Gasteiger partial charge in [0.15, 0.2) is 0 Å². The van der Waals surface area contributed by atoms with E-state index < -0.39 is 30.4 Å². The average Bonchev–Trinajstić information content (AvgIpc) is 2.96. The molecule has 0 saturated heterocycles. The van der Waals surface area contributed by atoms with Gasteiger partial charge >= 0.3 is 18.6 Å². The fourth-order valence-electron chi connectivity index (χ4n) is 4.51. The fourth-order valence-corrected chi connectivity index (χ4v) is 4.51. The standard InChI is InChI=1S/2C8H14F2O.C7H14O.C2H3F3O.C2H6/c2*1-11-8(9,10)7-5-3-2-4-6-7;1-8-7-5-3-2-4-6-7;1-6-2(3,4)5;1-2/h2*7H,2-6H2,1H3;7H,2-6H2,1H3;1H3;1-2H3. The van der Waals surface area contributed by atoms with Gasteiger partial charge < -0.3 is 14.2 Å². The lowest BCUT2D eigenvalue weighted by molar-refractivity contribution is -0.311. The first-order chi connectivity index (χ1) is 17.8. The van der Waals surface area contributed by atoms with Crippen molar-refractivity contribution >= 4 is 0 Å². The van der Waals surface area contributed by atoms with Gasteiger partial charge in [-0.3, -0.25) is 4.74 Å². The van der Waals surface area contributed by atoms with Gasteiger partial charge in [-0.25, -0.2) is 0 Å². The summed E-state index contributed by atoms with van der Waals surface area (Å²) >= 11 is 0. The molecule has 0 aromatic carbocycles. The first-order valence-corrected chi connectivity index (χ1v) is 13.8. The minimum atomic E-state index is -4.46. The van der Waals surface area contributed by atoms with Crippen molar-refractivity contribution in [3.05, 3.63) is 0 Å². The number of alkyl halides is 7. The van der Waals surface area contributed by atoms with Gasteiger partial charge in [-0.05, 0) is 38.5 Å². The maximum Gasteiger partial charge on any atom is 0.522 e. The van der Waals surface area contributed by atoms with Crippen molar-refractivity contribution in [2.45, 2.75) is 135 Å². The topological polar surface area (TPSA) is 36.9 Å². The van der Waals surface area contributed by atoms with E-state index in [2.05, 4.69) is 14.2 Å². The zero-order valence-corrected chi connectivity index (χ0v) is 24.1. The third-order valence-electron chi connectivity index (χ3n) is 6.82. The minimum Gasteiger partial charge on any atom is -0.381 e. The Morgan fingerprint density at radius 1 is 0.447 bits per heavy atom. The van der Waals surface area contributed by atoms with Crippen molar-refractivity contribution < 1.29 is 49.7 Å². The second kappa shape index (κ2) is 22.1. The van der Waals surface area contributed by atoms with Crippen molar-refractivity contribution in [2.75, 3.05) is 28.4 Å². The lowest BCUT2D eigenvalue weighted by atomic mass is 9.88. The van der Waals surface area contributed by atoms with Gasteiger partial charge in [-0.15, -0.1) is 13.2 Å². The highest BCUT2D eigenvalue weighted by atomic mass is 19.4. The number of ether oxygens (including phenoxy) is 4. The van der Waals surface area contributed by atoms with Gasteiger partial charge in [-0.1, -0.05) is 71.6 Å². The van der Waals surface area contributed by atoms with E-state index in [1.807, 2.05) is 21.0 Å².